The van der Waals surface area contributed by atoms with E-state index in [1.165, 1.54) is 64.2 Å². The van der Waals surface area contributed by atoms with Crippen molar-refractivity contribution in [1.29, 1.82) is 0 Å². The number of rotatable bonds is 10. The fraction of sp³-hybridized carbons (Fsp3) is 1.00. The maximum atomic E-state index is 4.90. The molecule has 0 saturated heterocycles. The van der Waals surface area contributed by atoms with Gasteiger partial charge in [0.15, 0.2) is 0 Å². The van der Waals surface area contributed by atoms with Gasteiger partial charge in [-0.15, -0.1) is 0 Å². The van der Waals surface area contributed by atoms with E-state index in [-0.39, 0.29) is 0 Å². The summed E-state index contributed by atoms with van der Waals surface area (Å²) in [6, 6.07) is 0. The van der Waals surface area contributed by atoms with Crippen LogP contribution in [0.15, 0.2) is 0 Å². The van der Waals surface area contributed by atoms with Crippen molar-refractivity contribution in [3.05, 3.63) is 0 Å². The molecule has 0 aliphatic heterocycles. The van der Waals surface area contributed by atoms with E-state index in [2.05, 4.69) is 21.7 Å². The average molecular weight is 365 g/mol. The Morgan fingerprint density at radius 1 is 0.647 bits per heavy atom. The first-order valence-electron chi connectivity index (χ1n) is 7.50. The molecule has 0 amide bonds. The Morgan fingerprint density at radius 3 is 1.24 bits per heavy atom. The Labute approximate surface area is 123 Å². The van der Waals surface area contributed by atoms with Gasteiger partial charge in [-0.3, -0.25) is 0 Å². The van der Waals surface area contributed by atoms with Gasteiger partial charge in [0.2, 0.25) is 0 Å². The van der Waals surface area contributed by atoms with Crippen LogP contribution in [0.2, 0.25) is 14.8 Å². The van der Waals surface area contributed by atoms with Crippen LogP contribution in [-0.4, -0.2) is 25.5 Å². The maximum absolute atomic E-state index is 4.90. The van der Waals surface area contributed by atoms with Crippen molar-refractivity contribution in [2.75, 3.05) is 5.75 Å². The molecule has 0 unspecified atom stereocenters. The molecule has 0 bridgehead atoms. The first-order chi connectivity index (χ1) is 8.15. The van der Waals surface area contributed by atoms with E-state index in [1.54, 1.807) is 0 Å². The van der Waals surface area contributed by atoms with Crippen molar-refractivity contribution < 1.29 is 0 Å². The van der Waals surface area contributed by atoms with Crippen LogP contribution in [0.3, 0.4) is 0 Å². The molecule has 0 fully saturated rings. The summed E-state index contributed by atoms with van der Waals surface area (Å²) in [5.74, 6) is 0.955. The topological polar surface area (TPSA) is 0 Å². The zero-order valence-corrected chi connectivity index (χ0v) is 16.4. The second-order valence-electron chi connectivity index (χ2n) is 5.39. The first-order valence-corrected chi connectivity index (χ1v) is 16.6. The zero-order chi connectivity index (χ0) is 13.4. The average Bonchev–Trinajstić information content (AvgIpc) is 2.26. The summed E-state index contributed by atoms with van der Waals surface area (Å²) >= 11 is 4.36. The normalized spacial score (nSPS) is 9.71. The SMILES string of the molecule is CCCCCCCCCCCC[S-].[CH3][Sn+]([CH3])[CH3]. The molecular weight excluding hydrogens is 331 g/mol. The molecule has 0 aliphatic carbocycles. The molecule has 0 heterocycles. The van der Waals surface area contributed by atoms with Crippen LogP contribution in [0, 0.1) is 0 Å². The number of unbranched alkanes of at least 4 members (excludes halogenated alkanes) is 9. The summed E-state index contributed by atoms with van der Waals surface area (Å²) < 4.78 is 0. The fourth-order valence-corrected chi connectivity index (χ4v) is 1.79. The van der Waals surface area contributed by atoms with Crippen molar-refractivity contribution in [1.82, 2.24) is 0 Å². The standard InChI is InChI=1S/C12H26S.3CH3.Sn/c1-2-3-4-5-6-7-8-9-10-11-12-13;;;;/h13H,2-12H2,1H3;3*1H3;/q;;;;+1/p-1. The Balaban J connectivity index is 0. The molecule has 0 aromatic heterocycles. The van der Waals surface area contributed by atoms with Crippen LogP contribution in [0.25, 0.3) is 0 Å². The number of hydrogen-bond donors (Lipinski definition) is 0. The predicted octanol–water partition coefficient (Wildman–Crippen LogP) is 5.82. The Morgan fingerprint density at radius 2 is 0.941 bits per heavy atom. The second kappa shape index (κ2) is 19.5. The third-order valence-electron chi connectivity index (χ3n) is 2.50. The Bertz CT molecular complexity index is 103. The molecule has 0 aromatic carbocycles. The summed E-state index contributed by atoms with van der Waals surface area (Å²) in [7, 11) is 0. The summed E-state index contributed by atoms with van der Waals surface area (Å²) in [4.78, 5) is 7.09. The van der Waals surface area contributed by atoms with Crippen LogP contribution in [0.5, 0.6) is 0 Å². The summed E-state index contributed by atoms with van der Waals surface area (Å²) in [6.45, 7) is 2.27. The van der Waals surface area contributed by atoms with E-state index in [9.17, 15) is 0 Å². The van der Waals surface area contributed by atoms with Crippen LogP contribution in [-0.2, 0) is 12.6 Å². The van der Waals surface area contributed by atoms with Gasteiger partial charge in [0.1, 0.15) is 0 Å². The molecule has 0 radical (unpaired) electrons. The van der Waals surface area contributed by atoms with E-state index >= 15 is 0 Å². The second-order valence-corrected chi connectivity index (χ2v) is 14.4. The van der Waals surface area contributed by atoms with Crippen molar-refractivity contribution in [2.24, 2.45) is 0 Å². The van der Waals surface area contributed by atoms with E-state index in [0.717, 1.165) is 5.75 Å². The molecule has 2 heteroatoms. The van der Waals surface area contributed by atoms with Gasteiger partial charge in [0.25, 0.3) is 0 Å². The first kappa shape index (κ1) is 20.5. The third kappa shape index (κ3) is 31.7. The van der Waals surface area contributed by atoms with Crippen molar-refractivity contribution in [2.45, 2.75) is 86.0 Å². The van der Waals surface area contributed by atoms with Crippen molar-refractivity contribution in [3.8, 4) is 0 Å². The minimum absolute atomic E-state index is 0.543. The van der Waals surface area contributed by atoms with Crippen molar-refractivity contribution >= 4 is 32.4 Å². The van der Waals surface area contributed by atoms with Crippen LogP contribution in [0.4, 0.5) is 0 Å². The van der Waals surface area contributed by atoms with E-state index < -0.39 is 19.8 Å². The van der Waals surface area contributed by atoms with Gasteiger partial charge in [0.05, 0.1) is 0 Å². The molecule has 0 saturated carbocycles. The van der Waals surface area contributed by atoms with Gasteiger partial charge in [-0.05, 0) is 0 Å². The Hall–Kier alpha value is 1.15. The van der Waals surface area contributed by atoms with Crippen LogP contribution < -0.4 is 0 Å². The molecular formula is C15H34SSn. The molecule has 0 aromatic rings. The van der Waals surface area contributed by atoms with Gasteiger partial charge in [-0.1, -0.05) is 71.1 Å². The third-order valence-corrected chi connectivity index (χ3v) is 2.79. The molecule has 0 spiro atoms. The van der Waals surface area contributed by atoms with Gasteiger partial charge in [-0.2, -0.15) is 5.75 Å². The van der Waals surface area contributed by atoms with Gasteiger partial charge < -0.3 is 12.6 Å². The summed E-state index contributed by atoms with van der Waals surface area (Å²) in [6.07, 6.45) is 14.0. The van der Waals surface area contributed by atoms with Gasteiger partial charge in [0, 0.05) is 0 Å². The van der Waals surface area contributed by atoms with Crippen molar-refractivity contribution in [3.63, 3.8) is 0 Å². The molecule has 17 heavy (non-hydrogen) atoms. The predicted molar refractivity (Wildman–Crippen MR) is 87.4 cm³/mol. The fourth-order valence-electron chi connectivity index (χ4n) is 1.59. The Kier molecular flexibility index (Phi) is 23.5. The molecule has 0 nitrogen and oxygen atoms in total. The van der Waals surface area contributed by atoms with Gasteiger partial charge in [-0.25, -0.2) is 0 Å². The summed E-state index contributed by atoms with van der Waals surface area (Å²) in [5.41, 5.74) is 0. The van der Waals surface area contributed by atoms with E-state index in [4.69, 9.17) is 12.6 Å². The monoisotopic (exact) mass is 366 g/mol. The van der Waals surface area contributed by atoms with Crippen LogP contribution in [0.1, 0.15) is 71.1 Å². The molecule has 0 aliphatic rings. The van der Waals surface area contributed by atoms with E-state index in [0.29, 0.717) is 0 Å². The number of hydrogen-bond acceptors (Lipinski definition) is 1. The van der Waals surface area contributed by atoms with Crippen LogP contribution >= 0.6 is 0 Å². The molecule has 0 atom stereocenters. The minimum atomic E-state index is -0.543. The quantitative estimate of drug-likeness (QED) is 0.267. The summed E-state index contributed by atoms with van der Waals surface area (Å²) in [5, 5.41) is 0. The van der Waals surface area contributed by atoms with E-state index in [1.807, 2.05) is 0 Å². The molecule has 0 N–H and O–H groups in total. The molecule has 104 valence electrons. The van der Waals surface area contributed by atoms with Gasteiger partial charge >= 0.3 is 34.6 Å². The zero-order valence-electron chi connectivity index (χ0n) is 12.7. The molecule has 0 rings (SSSR count).